The summed E-state index contributed by atoms with van der Waals surface area (Å²) in [4.78, 5) is 33.3. The maximum Gasteiger partial charge on any atom is 0.307 e. The molecule has 0 aromatic heterocycles. The van der Waals surface area contributed by atoms with E-state index in [1.165, 1.54) is 0 Å². The van der Waals surface area contributed by atoms with Crippen LogP contribution in [-0.2, 0) is 20.8 Å². The first-order chi connectivity index (χ1) is 9.42. The van der Waals surface area contributed by atoms with Crippen LogP contribution in [0.5, 0.6) is 0 Å². The Morgan fingerprint density at radius 1 is 1.25 bits per heavy atom. The monoisotopic (exact) mass is 276 g/mol. The minimum Gasteiger partial charge on any atom is -0.481 e. The molecule has 0 aliphatic carbocycles. The van der Waals surface area contributed by atoms with E-state index in [4.69, 9.17) is 10.8 Å². The van der Waals surface area contributed by atoms with Crippen LogP contribution in [0.3, 0.4) is 0 Å². The van der Waals surface area contributed by atoms with Crippen molar-refractivity contribution in [3.8, 4) is 0 Å². The third kappa shape index (κ3) is 4.93. The number of benzene rings is 1. The summed E-state index contributed by atoms with van der Waals surface area (Å²) < 4.78 is 0. The Bertz CT molecular complexity index is 547. The number of anilines is 1. The molecule has 0 radical (unpaired) electrons. The van der Waals surface area contributed by atoms with Crippen molar-refractivity contribution in [1.29, 1.82) is 0 Å². The van der Waals surface area contributed by atoms with Crippen molar-refractivity contribution in [2.24, 2.45) is 5.73 Å². The number of nitrogens with two attached hydrogens (primary N) is 1. The molecule has 0 bridgehead atoms. The van der Waals surface area contributed by atoms with Crippen LogP contribution in [0.4, 0.5) is 5.69 Å². The molecule has 1 aromatic carbocycles. The van der Waals surface area contributed by atoms with Crippen molar-refractivity contribution in [1.82, 2.24) is 0 Å². The van der Waals surface area contributed by atoms with Crippen LogP contribution in [0.15, 0.2) is 36.0 Å². The first kappa shape index (κ1) is 15.4. The SMILES string of the molecule is CCC(=O)/C=C(\N)C(=O)Nc1ccc(CC(=O)O)cc1. The first-order valence-corrected chi connectivity index (χ1v) is 6.04. The minimum atomic E-state index is -0.924. The Kier molecular flexibility index (Phi) is 5.46. The summed E-state index contributed by atoms with van der Waals surface area (Å²) >= 11 is 0. The van der Waals surface area contributed by atoms with Gasteiger partial charge in [-0.2, -0.15) is 0 Å². The van der Waals surface area contributed by atoms with Crippen LogP contribution in [-0.4, -0.2) is 22.8 Å². The molecule has 0 saturated heterocycles. The second kappa shape index (κ2) is 7.08. The van der Waals surface area contributed by atoms with E-state index in [2.05, 4.69) is 5.32 Å². The Labute approximate surface area is 116 Å². The van der Waals surface area contributed by atoms with E-state index < -0.39 is 11.9 Å². The molecule has 6 heteroatoms. The molecule has 0 spiro atoms. The number of rotatable bonds is 6. The molecule has 0 fully saturated rings. The summed E-state index contributed by atoms with van der Waals surface area (Å²) in [5.74, 6) is -1.72. The highest BCUT2D eigenvalue weighted by molar-refractivity contribution is 6.07. The van der Waals surface area contributed by atoms with Crippen molar-refractivity contribution >= 4 is 23.3 Å². The molecule has 0 aliphatic rings. The number of carboxylic acid groups (broad SMARTS) is 1. The maximum atomic E-state index is 11.7. The van der Waals surface area contributed by atoms with Gasteiger partial charge in [-0.1, -0.05) is 19.1 Å². The van der Waals surface area contributed by atoms with Gasteiger partial charge in [0.1, 0.15) is 5.70 Å². The third-order valence-electron chi connectivity index (χ3n) is 2.49. The zero-order valence-corrected chi connectivity index (χ0v) is 11.1. The molecule has 20 heavy (non-hydrogen) atoms. The number of hydrogen-bond acceptors (Lipinski definition) is 4. The van der Waals surface area contributed by atoms with Crippen LogP contribution >= 0.6 is 0 Å². The van der Waals surface area contributed by atoms with E-state index in [1.807, 2.05) is 0 Å². The molecular formula is C14H16N2O4. The lowest BCUT2D eigenvalue weighted by Crippen LogP contribution is -2.21. The summed E-state index contributed by atoms with van der Waals surface area (Å²) in [6.07, 6.45) is 1.28. The largest absolute Gasteiger partial charge is 0.481 e. The van der Waals surface area contributed by atoms with E-state index in [0.29, 0.717) is 11.3 Å². The van der Waals surface area contributed by atoms with Gasteiger partial charge in [0.2, 0.25) is 0 Å². The molecule has 0 aliphatic heterocycles. The number of carboxylic acids is 1. The zero-order valence-electron chi connectivity index (χ0n) is 11.1. The highest BCUT2D eigenvalue weighted by Gasteiger charge is 2.08. The maximum absolute atomic E-state index is 11.7. The normalized spacial score (nSPS) is 10.9. The number of nitrogens with one attached hydrogen (secondary N) is 1. The Morgan fingerprint density at radius 2 is 1.85 bits per heavy atom. The lowest BCUT2D eigenvalue weighted by Gasteiger charge is -2.06. The predicted molar refractivity (Wildman–Crippen MR) is 74.0 cm³/mol. The van der Waals surface area contributed by atoms with Crippen molar-refractivity contribution in [2.75, 3.05) is 5.32 Å². The van der Waals surface area contributed by atoms with Gasteiger partial charge in [0.25, 0.3) is 5.91 Å². The number of allylic oxidation sites excluding steroid dienone is 1. The molecule has 0 unspecified atom stereocenters. The number of amides is 1. The van der Waals surface area contributed by atoms with Crippen LogP contribution in [0.1, 0.15) is 18.9 Å². The fourth-order valence-electron chi connectivity index (χ4n) is 1.42. The second-order valence-corrected chi connectivity index (χ2v) is 4.14. The molecule has 0 saturated carbocycles. The lowest BCUT2D eigenvalue weighted by atomic mass is 10.1. The molecule has 6 nitrogen and oxygen atoms in total. The Hall–Kier alpha value is -2.63. The van der Waals surface area contributed by atoms with Gasteiger partial charge in [0.05, 0.1) is 6.42 Å². The van der Waals surface area contributed by atoms with E-state index in [0.717, 1.165) is 6.08 Å². The average molecular weight is 276 g/mol. The molecule has 106 valence electrons. The van der Waals surface area contributed by atoms with Crippen molar-refractivity contribution in [2.45, 2.75) is 19.8 Å². The van der Waals surface area contributed by atoms with Gasteiger partial charge >= 0.3 is 5.97 Å². The van der Waals surface area contributed by atoms with Crippen LogP contribution in [0.25, 0.3) is 0 Å². The average Bonchev–Trinajstić information content (AvgIpc) is 2.40. The minimum absolute atomic E-state index is 0.0821. The smallest absolute Gasteiger partial charge is 0.307 e. The van der Waals surface area contributed by atoms with E-state index in [1.54, 1.807) is 31.2 Å². The van der Waals surface area contributed by atoms with Crippen LogP contribution < -0.4 is 11.1 Å². The van der Waals surface area contributed by atoms with Crippen molar-refractivity contribution in [3.05, 3.63) is 41.6 Å². The van der Waals surface area contributed by atoms with Crippen molar-refractivity contribution in [3.63, 3.8) is 0 Å². The third-order valence-corrected chi connectivity index (χ3v) is 2.49. The second-order valence-electron chi connectivity index (χ2n) is 4.14. The molecule has 4 N–H and O–H groups in total. The molecule has 0 heterocycles. The van der Waals surface area contributed by atoms with Gasteiger partial charge in [0.15, 0.2) is 5.78 Å². The number of hydrogen-bond donors (Lipinski definition) is 3. The molecule has 0 atom stereocenters. The van der Waals surface area contributed by atoms with E-state index >= 15 is 0 Å². The lowest BCUT2D eigenvalue weighted by molar-refractivity contribution is -0.136. The Morgan fingerprint density at radius 3 is 2.35 bits per heavy atom. The fourth-order valence-corrected chi connectivity index (χ4v) is 1.42. The number of ketones is 1. The summed E-state index contributed by atoms with van der Waals surface area (Å²) in [5.41, 5.74) is 6.43. The van der Waals surface area contributed by atoms with Gasteiger partial charge < -0.3 is 16.2 Å². The highest BCUT2D eigenvalue weighted by Crippen LogP contribution is 2.10. The zero-order chi connectivity index (χ0) is 15.1. The van der Waals surface area contributed by atoms with Gasteiger partial charge in [0, 0.05) is 18.2 Å². The summed E-state index contributed by atoms with van der Waals surface area (Å²) in [6.45, 7) is 1.67. The number of carbonyl (C=O) groups excluding carboxylic acids is 2. The topological polar surface area (TPSA) is 109 Å². The molecule has 1 rings (SSSR count). The van der Waals surface area contributed by atoms with Gasteiger partial charge in [-0.25, -0.2) is 0 Å². The fraction of sp³-hybridized carbons (Fsp3) is 0.214. The van der Waals surface area contributed by atoms with Crippen LogP contribution in [0, 0.1) is 0 Å². The molecule has 1 aromatic rings. The van der Waals surface area contributed by atoms with Gasteiger partial charge in [-0.3, -0.25) is 14.4 Å². The summed E-state index contributed by atoms with van der Waals surface area (Å²) in [7, 11) is 0. The molecule has 1 amide bonds. The van der Waals surface area contributed by atoms with Crippen LogP contribution in [0.2, 0.25) is 0 Å². The van der Waals surface area contributed by atoms with Gasteiger partial charge in [-0.05, 0) is 17.7 Å². The first-order valence-electron chi connectivity index (χ1n) is 6.04. The highest BCUT2D eigenvalue weighted by atomic mass is 16.4. The Balaban J connectivity index is 2.69. The number of carbonyl (C=O) groups is 3. The standard InChI is InChI=1S/C14H16N2O4/c1-2-11(17)8-12(15)14(20)16-10-5-3-9(4-6-10)7-13(18)19/h3-6,8H,2,7,15H2,1H3,(H,16,20)(H,18,19)/b12-8-. The molecular weight excluding hydrogens is 260 g/mol. The number of aliphatic carboxylic acids is 1. The van der Waals surface area contributed by atoms with Gasteiger partial charge in [-0.15, -0.1) is 0 Å². The van der Waals surface area contributed by atoms with E-state index in [-0.39, 0.29) is 24.3 Å². The summed E-state index contributed by atoms with van der Waals surface area (Å²) in [6, 6.07) is 6.35. The quantitative estimate of drug-likeness (QED) is 0.673. The predicted octanol–water partition coefficient (Wildman–Crippen LogP) is 1.07. The van der Waals surface area contributed by atoms with Crippen molar-refractivity contribution < 1.29 is 19.5 Å². The summed E-state index contributed by atoms with van der Waals surface area (Å²) in [5, 5.41) is 11.2. The van der Waals surface area contributed by atoms with E-state index in [9.17, 15) is 14.4 Å².